The predicted molar refractivity (Wildman–Crippen MR) is 106 cm³/mol. The molecule has 1 N–H and O–H groups in total. The Balaban J connectivity index is 1.62. The fourth-order valence-corrected chi connectivity index (χ4v) is 3.68. The molecule has 0 amide bonds. The Labute approximate surface area is 160 Å². The van der Waals surface area contributed by atoms with Crippen LogP contribution < -0.4 is 5.32 Å². The van der Waals surface area contributed by atoms with Gasteiger partial charge in [-0.15, -0.1) is 0 Å². The lowest BCUT2D eigenvalue weighted by Crippen LogP contribution is -2.43. The highest BCUT2D eigenvalue weighted by molar-refractivity contribution is 5.80. The second-order valence-corrected chi connectivity index (χ2v) is 7.34. The Morgan fingerprint density at radius 3 is 2.70 bits per heavy atom. The van der Waals surface area contributed by atoms with Gasteiger partial charge < -0.3 is 15.1 Å². The molecule has 0 spiro atoms. The van der Waals surface area contributed by atoms with E-state index in [0.717, 1.165) is 31.0 Å². The van der Waals surface area contributed by atoms with E-state index in [0.29, 0.717) is 12.5 Å². The maximum absolute atomic E-state index is 13.2. The van der Waals surface area contributed by atoms with Gasteiger partial charge in [0, 0.05) is 45.8 Å². The number of aliphatic imine (C=N–C) groups is 1. The Hall–Kier alpha value is -2.41. The van der Waals surface area contributed by atoms with Gasteiger partial charge in [-0.1, -0.05) is 12.1 Å². The summed E-state index contributed by atoms with van der Waals surface area (Å²) in [5, 5.41) is 7.79. The van der Waals surface area contributed by atoms with Crippen LogP contribution in [0.3, 0.4) is 0 Å². The zero-order valence-corrected chi connectivity index (χ0v) is 16.6. The van der Waals surface area contributed by atoms with Gasteiger partial charge in [0.05, 0.1) is 12.2 Å². The third kappa shape index (κ3) is 4.66. The summed E-state index contributed by atoms with van der Waals surface area (Å²) < 4.78 is 15.1. The first-order valence-corrected chi connectivity index (χ1v) is 9.34. The van der Waals surface area contributed by atoms with E-state index < -0.39 is 0 Å². The molecule has 0 aliphatic carbocycles. The highest BCUT2D eigenvalue weighted by Crippen LogP contribution is 2.27. The zero-order valence-electron chi connectivity index (χ0n) is 16.6. The SMILES string of the molecule is CN=C(NCC(c1ccc(F)cc1)N(C)C)N1CCC(c2cnn(C)c2)C1. The summed E-state index contributed by atoms with van der Waals surface area (Å²) in [4.78, 5) is 8.91. The van der Waals surface area contributed by atoms with Crippen molar-refractivity contribution in [2.75, 3.05) is 40.8 Å². The predicted octanol–water partition coefficient (Wildman–Crippen LogP) is 2.23. The van der Waals surface area contributed by atoms with Crippen molar-refractivity contribution in [2.45, 2.75) is 18.4 Å². The van der Waals surface area contributed by atoms with E-state index in [1.165, 1.54) is 17.7 Å². The van der Waals surface area contributed by atoms with E-state index in [1.54, 1.807) is 0 Å². The van der Waals surface area contributed by atoms with Gasteiger partial charge in [0.1, 0.15) is 5.82 Å². The van der Waals surface area contributed by atoms with Gasteiger partial charge in [0.15, 0.2) is 5.96 Å². The first-order valence-electron chi connectivity index (χ1n) is 9.34. The van der Waals surface area contributed by atoms with Crippen molar-refractivity contribution < 1.29 is 4.39 Å². The average Bonchev–Trinajstić information content (AvgIpc) is 3.29. The number of guanidine groups is 1. The highest BCUT2D eigenvalue weighted by atomic mass is 19.1. The maximum Gasteiger partial charge on any atom is 0.193 e. The molecular formula is C20H29FN6. The summed E-state index contributed by atoms with van der Waals surface area (Å²) in [6.45, 7) is 2.62. The summed E-state index contributed by atoms with van der Waals surface area (Å²) in [5.74, 6) is 1.19. The molecule has 1 aliphatic heterocycles. The van der Waals surface area contributed by atoms with E-state index in [2.05, 4.69) is 31.4 Å². The van der Waals surface area contributed by atoms with Gasteiger partial charge in [0.25, 0.3) is 0 Å². The monoisotopic (exact) mass is 372 g/mol. The number of rotatable bonds is 5. The lowest BCUT2D eigenvalue weighted by atomic mass is 10.0. The number of hydrogen-bond acceptors (Lipinski definition) is 3. The molecule has 2 aromatic rings. The van der Waals surface area contributed by atoms with Crippen LogP contribution in [0.1, 0.15) is 29.5 Å². The zero-order chi connectivity index (χ0) is 19.4. The summed E-state index contributed by atoms with van der Waals surface area (Å²) >= 11 is 0. The molecule has 1 saturated heterocycles. The van der Waals surface area contributed by atoms with Crippen LogP contribution in [0.5, 0.6) is 0 Å². The number of aryl methyl sites for hydroxylation is 1. The Morgan fingerprint density at radius 2 is 2.11 bits per heavy atom. The number of hydrogen-bond donors (Lipinski definition) is 1. The molecule has 0 bridgehead atoms. The van der Waals surface area contributed by atoms with Crippen LogP contribution >= 0.6 is 0 Å². The van der Waals surface area contributed by atoms with E-state index in [1.807, 2.05) is 51.2 Å². The van der Waals surface area contributed by atoms with Crippen molar-refractivity contribution in [3.8, 4) is 0 Å². The molecule has 3 rings (SSSR count). The molecule has 1 aromatic carbocycles. The van der Waals surface area contributed by atoms with Crippen molar-refractivity contribution in [1.82, 2.24) is 24.9 Å². The van der Waals surface area contributed by atoms with E-state index in [-0.39, 0.29) is 11.9 Å². The van der Waals surface area contributed by atoms with E-state index in [4.69, 9.17) is 0 Å². The number of nitrogens with zero attached hydrogens (tertiary/aromatic N) is 5. The lowest BCUT2D eigenvalue weighted by molar-refractivity contribution is 0.295. The molecule has 146 valence electrons. The number of halogens is 1. The first-order chi connectivity index (χ1) is 13.0. The van der Waals surface area contributed by atoms with Crippen LogP contribution in [0.15, 0.2) is 41.7 Å². The molecule has 1 aromatic heterocycles. The van der Waals surface area contributed by atoms with Crippen molar-refractivity contribution >= 4 is 5.96 Å². The molecule has 2 heterocycles. The van der Waals surface area contributed by atoms with Gasteiger partial charge in [-0.25, -0.2) is 4.39 Å². The van der Waals surface area contributed by atoms with Crippen LogP contribution in [0.25, 0.3) is 0 Å². The van der Waals surface area contributed by atoms with E-state index >= 15 is 0 Å². The largest absolute Gasteiger partial charge is 0.354 e. The first kappa shape index (κ1) is 19.4. The third-order valence-corrected chi connectivity index (χ3v) is 5.23. The Morgan fingerprint density at radius 1 is 1.37 bits per heavy atom. The molecule has 0 radical (unpaired) electrons. The number of likely N-dealkylation sites (N-methyl/N-ethyl adjacent to an activating group) is 1. The van der Waals surface area contributed by atoms with Gasteiger partial charge in [-0.05, 0) is 43.8 Å². The number of aromatic nitrogens is 2. The molecular weight excluding hydrogens is 343 g/mol. The maximum atomic E-state index is 13.2. The molecule has 0 saturated carbocycles. The fourth-order valence-electron chi connectivity index (χ4n) is 3.68. The number of likely N-dealkylation sites (tertiary alicyclic amines) is 1. The topological polar surface area (TPSA) is 48.7 Å². The molecule has 27 heavy (non-hydrogen) atoms. The molecule has 2 atom stereocenters. The van der Waals surface area contributed by atoms with Crippen molar-refractivity contribution in [1.29, 1.82) is 0 Å². The number of nitrogens with one attached hydrogen (secondary N) is 1. The molecule has 2 unspecified atom stereocenters. The highest BCUT2D eigenvalue weighted by Gasteiger charge is 2.27. The Kier molecular flexibility index (Phi) is 6.11. The minimum absolute atomic E-state index is 0.138. The van der Waals surface area contributed by atoms with Crippen LogP contribution in [-0.4, -0.2) is 66.3 Å². The molecule has 6 nitrogen and oxygen atoms in total. The van der Waals surface area contributed by atoms with Crippen molar-refractivity contribution in [3.63, 3.8) is 0 Å². The van der Waals surface area contributed by atoms with Crippen LogP contribution in [-0.2, 0) is 7.05 Å². The molecule has 1 fully saturated rings. The van der Waals surface area contributed by atoms with Gasteiger partial charge in [-0.3, -0.25) is 9.67 Å². The average molecular weight is 372 g/mol. The van der Waals surface area contributed by atoms with Crippen LogP contribution in [0.2, 0.25) is 0 Å². The summed E-state index contributed by atoms with van der Waals surface area (Å²) in [7, 11) is 7.84. The second kappa shape index (κ2) is 8.52. The summed E-state index contributed by atoms with van der Waals surface area (Å²) in [6.07, 6.45) is 5.16. The third-order valence-electron chi connectivity index (χ3n) is 5.23. The van der Waals surface area contributed by atoms with Crippen molar-refractivity contribution in [3.05, 3.63) is 53.6 Å². The fraction of sp³-hybridized carbons (Fsp3) is 0.500. The minimum Gasteiger partial charge on any atom is -0.354 e. The molecule has 7 heteroatoms. The van der Waals surface area contributed by atoms with Crippen LogP contribution in [0.4, 0.5) is 4.39 Å². The van der Waals surface area contributed by atoms with Gasteiger partial charge in [-0.2, -0.15) is 5.10 Å². The smallest absolute Gasteiger partial charge is 0.193 e. The standard InChI is InChI=1S/C20H29FN6/c1-22-20(27-10-9-16(14-27)17-11-24-26(4)13-17)23-12-19(25(2)3)15-5-7-18(21)8-6-15/h5-8,11,13,16,19H,9-10,12,14H2,1-4H3,(H,22,23). The van der Waals surface area contributed by atoms with Gasteiger partial charge in [0.2, 0.25) is 0 Å². The molecule has 1 aliphatic rings. The lowest BCUT2D eigenvalue weighted by Gasteiger charge is -2.28. The van der Waals surface area contributed by atoms with Crippen LogP contribution in [0, 0.1) is 5.82 Å². The van der Waals surface area contributed by atoms with Gasteiger partial charge >= 0.3 is 0 Å². The second-order valence-electron chi connectivity index (χ2n) is 7.34. The Bertz CT molecular complexity index is 767. The van der Waals surface area contributed by atoms with E-state index in [9.17, 15) is 4.39 Å². The number of benzene rings is 1. The summed E-state index contributed by atoms with van der Waals surface area (Å²) in [6, 6.07) is 6.86. The minimum atomic E-state index is -0.210. The van der Waals surface area contributed by atoms with Crippen molar-refractivity contribution in [2.24, 2.45) is 12.0 Å². The quantitative estimate of drug-likeness (QED) is 0.646. The normalized spacial score (nSPS) is 19.0. The summed E-state index contributed by atoms with van der Waals surface area (Å²) in [5.41, 5.74) is 2.37.